The molecule has 51 heavy (non-hydrogen) atoms. The molecule has 4 heteroatoms. The monoisotopic (exact) mass is 653 g/mol. The number of amidine groups is 2. The molecule has 1 aliphatic heterocycles. The Kier molecular flexibility index (Phi) is 6.85. The quantitative estimate of drug-likeness (QED) is 0.188. The van der Waals surface area contributed by atoms with E-state index in [0.717, 1.165) is 66.8 Å². The molecule has 9 aromatic rings. The van der Waals surface area contributed by atoms with Gasteiger partial charge in [0, 0.05) is 27.5 Å². The van der Waals surface area contributed by atoms with Crippen molar-refractivity contribution < 1.29 is 4.42 Å². The minimum absolute atomic E-state index is 0.500. The number of fused-ring (bicyclic) bond motifs is 6. The molecule has 0 fully saturated rings. The van der Waals surface area contributed by atoms with Gasteiger partial charge in [-0.15, -0.1) is 0 Å². The lowest BCUT2D eigenvalue weighted by atomic mass is 9.96. The van der Waals surface area contributed by atoms with E-state index in [9.17, 15) is 0 Å². The van der Waals surface area contributed by atoms with Gasteiger partial charge >= 0.3 is 0 Å². The van der Waals surface area contributed by atoms with E-state index in [0.29, 0.717) is 0 Å². The molecule has 0 saturated heterocycles. The SMILES string of the molecule is c1ccc(C2=NC(c3cccc4oc5ccc(-c6ccc(-c7ccccc7)cc6)cc5c34)N=C(c3cc4ccccc4c4ccccc34)N2)cc1. The van der Waals surface area contributed by atoms with Gasteiger partial charge < -0.3 is 9.73 Å². The number of hydrogen-bond donors (Lipinski definition) is 1. The van der Waals surface area contributed by atoms with Crippen molar-refractivity contribution in [2.24, 2.45) is 9.98 Å². The summed E-state index contributed by atoms with van der Waals surface area (Å²) in [6.07, 6.45) is -0.500. The molecule has 2 heterocycles. The molecule has 0 spiro atoms. The minimum Gasteiger partial charge on any atom is -0.456 e. The first-order chi connectivity index (χ1) is 25.3. The van der Waals surface area contributed by atoms with E-state index in [2.05, 4.69) is 145 Å². The third-order valence-electron chi connectivity index (χ3n) is 9.94. The molecule has 0 bridgehead atoms. The summed E-state index contributed by atoms with van der Waals surface area (Å²) >= 11 is 0. The normalized spacial score (nSPS) is 14.5. The van der Waals surface area contributed by atoms with Crippen LogP contribution in [0.15, 0.2) is 190 Å². The summed E-state index contributed by atoms with van der Waals surface area (Å²) in [5, 5.41) is 10.5. The number of nitrogens with one attached hydrogen (secondary N) is 1. The van der Waals surface area contributed by atoms with Gasteiger partial charge in [-0.3, -0.25) is 0 Å². The second-order valence-electron chi connectivity index (χ2n) is 13.0. The maximum Gasteiger partial charge on any atom is 0.170 e. The van der Waals surface area contributed by atoms with Gasteiger partial charge in [0.05, 0.1) is 0 Å². The van der Waals surface area contributed by atoms with Crippen molar-refractivity contribution in [3.8, 4) is 22.3 Å². The van der Waals surface area contributed by atoms with Gasteiger partial charge in [-0.25, -0.2) is 9.98 Å². The van der Waals surface area contributed by atoms with Gasteiger partial charge in [-0.2, -0.15) is 0 Å². The fourth-order valence-corrected chi connectivity index (χ4v) is 7.45. The van der Waals surface area contributed by atoms with Crippen molar-refractivity contribution in [3.63, 3.8) is 0 Å². The molecule has 4 nitrogen and oxygen atoms in total. The minimum atomic E-state index is -0.500. The zero-order chi connectivity index (χ0) is 33.7. The first-order valence-electron chi connectivity index (χ1n) is 17.3. The fourth-order valence-electron chi connectivity index (χ4n) is 7.45. The molecule has 10 rings (SSSR count). The third-order valence-corrected chi connectivity index (χ3v) is 9.94. The van der Waals surface area contributed by atoms with E-state index >= 15 is 0 Å². The summed E-state index contributed by atoms with van der Waals surface area (Å²) in [4.78, 5) is 10.7. The van der Waals surface area contributed by atoms with Crippen molar-refractivity contribution in [2.45, 2.75) is 6.17 Å². The van der Waals surface area contributed by atoms with Gasteiger partial charge in [0.15, 0.2) is 6.17 Å². The summed E-state index contributed by atoms with van der Waals surface area (Å²) in [6, 6.07) is 61.6. The topological polar surface area (TPSA) is 49.9 Å². The highest BCUT2D eigenvalue weighted by atomic mass is 16.3. The fraction of sp³-hybridized carbons (Fsp3) is 0.0213. The number of furan rings is 1. The third kappa shape index (κ3) is 5.08. The molecule has 240 valence electrons. The van der Waals surface area contributed by atoms with E-state index in [-0.39, 0.29) is 0 Å². The molecule has 0 saturated carbocycles. The lowest BCUT2D eigenvalue weighted by molar-refractivity contribution is 0.667. The zero-order valence-electron chi connectivity index (χ0n) is 27.6. The van der Waals surface area contributed by atoms with Crippen molar-refractivity contribution in [2.75, 3.05) is 0 Å². The summed E-state index contributed by atoms with van der Waals surface area (Å²) in [5.41, 5.74) is 9.40. The standard InChI is InChI=1S/C47H31N3O/c1-3-12-30(13-4-1)31-22-24-32(25-23-31)34-26-27-42-41(28-34)44-39(20-11-21-43(44)51-42)46-48-45(33-14-5-2-6-15-33)49-47(50-46)40-29-35-16-7-8-17-36(35)37-18-9-10-19-38(37)40/h1-29,46H,(H,48,49,50). The van der Waals surface area contributed by atoms with Gasteiger partial charge in [0.2, 0.25) is 0 Å². The Balaban J connectivity index is 1.14. The largest absolute Gasteiger partial charge is 0.456 e. The van der Waals surface area contributed by atoms with Crippen LogP contribution in [0, 0.1) is 0 Å². The van der Waals surface area contributed by atoms with Crippen LogP contribution in [0.4, 0.5) is 0 Å². The van der Waals surface area contributed by atoms with Crippen LogP contribution in [0.3, 0.4) is 0 Å². The molecule has 0 radical (unpaired) electrons. The average molecular weight is 654 g/mol. The van der Waals surface area contributed by atoms with Crippen molar-refractivity contribution >= 4 is 55.2 Å². The second kappa shape index (κ2) is 12.0. The van der Waals surface area contributed by atoms with Crippen molar-refractivity contribution in [1.29, 1.82) is 0 Å². The lowest BCUT2D eigenvalue weighted by Crippen LogP contribution is -2.36. The molecule has 1 aromatic heterocycles. The van der Waals surface area contributed by atoms with E-state index < -0.39 is 6.17 Å². The summed E-state index contributed by atoms with van der Waals surface area (Å²) in [7, 11) is 0. The highest BCUT2D eigenvalue weighted by Gasteiger charge is 2.25. The number of benzene rings is 8. The molecule has 1 N–H and O–H groups in total. The highest BCUT2D eigenvalue weighted by molar-refractivity contribution is 6.23. The molecule has 1 aliphatic rings. The van der Waals surface area contributed by atoms with Crippen LogP contribution in [-0.2, 0) is 0 Å². The predicted molar refractivity (Wildman–Crippen MR) is 211 cm³/mol. The Morgan fingerprint density at radius 3 is 1.80 bits per heavy atom. The van der Waals surface area contributed by atoms with Crippen molar-refractivity contribution in [3.05, 3.63) is 193 Å². The van der Waals surface area contributed by atoms with Gasteiger partial charge in [-0.05, 0) is 68.1 Å². The summed E-state index contributed by atoms with van der Waals surface area (Å²) in [6.45, 7) is 0. The van der Waals surface area contributed by atoms with E-state index in [1.54, 1.807) is 0 Å². The Hall–Kier alpha value is -6.78. The lowest BCUT2D eigenvalue weighted by Gasteiger charge is -2.24. The van der Waals surface area contributed by atoms with E-state index in [1.165, 1.54) is 27.3 Å². The van der Waals surface area contributed by atoms with Crippen LogP contribution in [-0.4, -0.2) is 11.7 Å². The summed E-state index contributed by atoms with van der Waals surface area (Å²) < 4.78 is 6.47. The van der Waals surface area contributed by atoms with Gasteiger partial charge in [0.1, 0.15) is 22.8 Å². The van der Waals surface area contributed by atoms with E-state index in [4.69, 9.17) is 14.4 Å². The van der Waals surface area contributed by atoms with Crippen LogP contribution < -0.4 is 5.32 Å². The zero-order valence-corrected chi connectivity index (χ0v) is 27.6. The van der Waals surface area contributed by atoms with Crippen LogP contribution in [0.1, 0.15) is 22.9 Å². The van der Waals surface area contributed by atoms with Gasteiger partial charge in [0.25, 0.3) is 0 Å². The Labute approximate surface area is 295 Å². The molecule has 0 aliphatic carbocycles. The maximum atomic E-state index is 6.47. The van der Waals surface area contributed by atoms with Crippen molar-refractivity contribution in [1.82, 2.24) is 5.32 Å². The number of aliphatic imine (C=N–C) groups is 2. The average Bonchev–Trinajstić information content (AvgIpc) is 3.59. The number of hydrogen-bond acceptors (Lipinski definition) is 4. The Bertz CT molecular complexity index is 2820. The van der Waals surface area contributed by atoms with E-state index in [1.807, 2.05) is 36.4 Å². The van der Waals surface area contributed by atoms with Crippen LogP contribution in [0.5, 0.6) is 0 Å². The highest BCUT2D eigenvalue weighted by Crippen LogP contribution is 2.39. The molecular weight excluding hydrogens is 623 g/mol. The molecule has 8 aromatic carbocycles. The maximum absolute atomic E-state index is 6.47. The second-order valence-corrected chi connectivity index (χ2v) is 13.0. The summed E-state index contributed by atoms with van der Waals surface area (Å²) in [5.74, 6) is 1.58. The first kappa shape index (κ1) is 29.2. The Morgan fingerprint density at radius 2 is 1.02 bits per heavy atom. The van der Waals surface area contributed by atoms with Gasteiger partial charge in [-0.1, -0.05) is 152 Å². The first-order valence-corrected chi connectivity index (χ1v) is 17.3. The predicted octanol–water partition coefficient (Wildman–Crippen LogP) is 11.7. The molecule has 1 atom stereocenters. The van der Waals surface area contributed by atoms with Crippen LogP contribution in [0.2, 0.25) is 0 Å². The Morgan fingerprint density at radius 1 is 0.412 bits per heavy atom. The molecule has 1 unspecified atom stereocenters. The number of rotatable bonds is 5. The number of nitrogens with zero attached hydrogens (tertiary/aromatic N) is 2. The van der Waals surface area contributed by atoms with Crippen LogP contribution in [0.25, 0.3) is 65.7 Å². The molecule has 0 amide bonds. The molecular formula is C47H31N3O. The smallest absolute Gasteiger partial charge is 0.170 e. The van der Waals surface area contributed by atoms with Crippen LogP contribution >= 0.6 is 0 Å².